The molecule has 0 spiro atoms. The van der Waals surface area contributed by atoms with Crippen LogP contribution in [0.1, 0.15) is 84.1 Å². The molecule has 0 aliphatic heterocycles. The summed E-state index contributed by atoms with van der Waals surface area (Å²) in [5.41, 5.74) is 3.74. The molecule has 1 aromatic heterocycles. The van der Waals surface area contributed by atoms with Gasteiger partial charge in [0.15, 0.2) is 0 Å². The van der Waals surface area contributed by atoms with Crippen LogP contribution >= 0.6 is 0 Å². The van der Waals surface area contributed by atoms with Crippen LogP contribution in [0.4, 0.5) is 17.6 Å². The fraction of sp³-hybridized carbons (Fsp3) is 0.472. The number of aromatic nitrogens is 1. The Kier molecular flexibility index (Phi) is 11.0. The number of amides is 1. The van der Waals surface area contributed by atoms with Gasteiger partial charge in [-0.1, -0.05) is 19.9 Å². The topological polar surface area (TPSA) is 91.6 Å². The third-order valence-corrected chi connectivity index (χ3v) is 8.73. The average Bonchev–Trinajstić information content (AvgIpc) is 3.42. The van der Waals surface area contributed by atoms with Gasteiger partial charge in [0.1, 0.15) is 11.9 Å². The number of pyridine rings is 1. The Morgan fingerprint density at radius 2 is 1.70 bits per heavy atom. The molecule has 4 rings (SSSR count). The molecule has 0 saturated carbocycles. The predicted octanol–water partition coefficient (Wildman–Crippen LogP) is 6.80. The molecule has 7 nitrogen and oxygen atoms in total. The van der Waals surface area contributed by atoms with Gasteiger partial charge in [-0.25, -0.2) is 4.39 Å². The summed E-state index contributed by atoms with van der Waals surface area (Å²) >= 11 is 0. The van der Waals surface area contributed by atoms with Gasteiger partial charge >= 0.3 is 12.1 Å². The van der Waals surface area contributed by atoms with Gasteiger partial charge in [-0.2, -0.15) is 13.2 Å². The van der Waals surface area contributed by atoms with Crippen molar-refractivity contribution in [1.82, 2.24) is 14.8 Å². The summed E-state index contributed by atoms with van der Waals surface area (Å²) in [4.78, 5) is 41.1. The fourth-order valence-electron chi connectivity index (χ4n) is 6.62. The molecule has 1 amide bonds. The van der Waals surface area contributed by atoms with Crippen LogP contribution in [0.5, 0.6) is 0 Å². The molecule has 1 unspecified atom stereocenters. The second-order valence-corrected chi connectivity index (χ2v) is 13.3. The number of carboxylic acids is 1. The van der Waals surface area contributed by atoms with Crippen molar-refractivity contribution in [3.8, 4) is 11.1 Å². The first-order valence-electron chi connectivity index (χ1n) is 15.9. The van der Waals surface area contributed by atoms with Crippen molar-refractivity contribution in [2.75, 3.05) is 20.6 Å². The molecule has 1 aliphatic rings. The van der Waals surface area contributed by atoms with Gasteiger partial charge in [0.2, 0.25) is 5.91 Å². The zero-order valence-corrected chi connectivity index (χ0v) is 27.7. The standard InChI is InChI=1S/C36H43F4N3O4/c1-20(2)12-31(43-19-24(10-11-42(5)6)29(17-32(43)44)36(38,39)40)35(47)41-30(18-33(45)46)25-15-23-8-7-9-27(23)28(16-25)34-21(3)13-26(37)14-22(34)4/h13-17,19-20,30-31H,7-12,18H2,1-6H3,(H,41,47)(H,45,46)/t30?,31-/m0/s1. The Bertz CT molecular complexity index is 1690. The van der Waals surface area contributed by atoms with E-state index in [1.165, 1.54) is 12.1 Å². The number of nitrogens with zero attached hydrogens (tertiary/aromatic N) is 2. The first-order chi connectivity index (χ1) is 22.0. The van der Waals surface area contributed by atoms with Crippen LogP contribution in [0.25, 0.3) is 11.1 Å². The molecule has 2 N–H and O–H groups in total. The maximum absolute atomic E-state index is 14.2. The molecule has 254 valence electrons. The van der Waals surface area contributed by atoms with Crippen LogP contribution < -0.4 is 10.9 Å². The van der Waals surface area contributed by atoms with Gasteiger partial charge < -0.3 is 19.9 Å². The summed E-state index contributed by atoms with van der Waals surface area (Å²) in [5.74, 6) is -2.31. The highest BCUT2D eigenvalue weighted by Crippen LogP contribution is 2.39. The number of fused-ring (bicyclic) bond motifs is 1. The molecular formula is C36H43F4N3O4. The Balaban J connectivity index is 1.80. The lowest BCUT2D eigenvalue weighted by atomic mass is 9.87. The number of aliphatic carboxylic acids is 1. The summed E-state index contributed by atoms with van der Waals surface area (Å²) < 4.78 is 57.1. The van der Waals surface area contributed by atoms with Crippen molar-refractivity contribution in [2.24, 2.45) is 5.92 Å². The van der Waals surface area contributed by atoms with E-state index in [2.05, 4.69) is 5.32 Å². The van der Waals surface area contributed by atoms with Crippen LogP contribution in [0, 0.1) is 25.6 Å². The van der Waals surface area contributed by atoms with Gasteiger partial charge in [0, 0.05) is 18.8 Å². The number of carbonyl (C=O) groups is 2. The number of aryl methyl sites for hydroxylation is 3. The highest BCUT2D eigenvalue weighted by Gasteiger charge is 2.36. The third kappa shape index (κ3) is 8.49. The molecule has 0 saturated heterocycles. The van der Waals surface area contributed by atoms with Crippen molar-refractivity contribution in [3.63, 3.8) is 0 Å². The maximum Gasteiger partial charge on any atom is 0.416 e. The number of rotatable bonds is 12. The summed E-state index contributed by atoms with van der Waals surface area (Å²) in [6, 6.07) is 5.02. The van der Waals surface area contributed by atoms with E-state index in [0.29, 0.717) is 11.6 Å². The van der Waals surface area contributed by atoms with Crippen LogP contribution in [0.15, 0.2) is 41.3 Å². The number of hydrogen-bond acceptors (Lipinski definition) is 4. The van der Waals surface area contributed by atoms with Gasteiger partial charge in [0.05, 0.1) is 18.0 Å². The molecule has 0 radical (unpaired) electrons. The normalized spacial score (nSPS) is 14.4. The first-order valence-corrected chi connectivity index (χ1v) is 15.9. The first kappa shape index (κ1) is 35.9. The van der Waals surface area contributed by atoms with E-state index < -0.39 is 47.7 Å². The van der Waals surface area contributed by atoms with E-state index in [9.17, 15) is 37.1 Å². The quantitative estimate of drug-likeness (QED) is 0.209. The molecule has 1 aliphatic carbocycles. The fourth-order valence-corrected chi connectivity index (χ4v) is 6.62. The lowest BCUT2D eigenvalue weighted by Crippen LogP contribution is -2.40. The van der Waals surface area contributed by atoms with Gasteiger partial charge in [0.25, 0.3) is 5.56 Å². The van der Waals surface area contributed by atoms with Gasteiger partial charge in [-0.15, -0.1) is 0 Å². The lowest BCUT2D eigenvalue weighted by molar-refractivity contribution is -0.139. The van der Waals surface area contributed by atoms with Gasteiger partial charge in [-0.3, -0.25) is 14.4 Å². The van der Waals surface area contributed by atoms with E-state index in [4.69, 9.17) is 0 Å². The van der Waals surface area contributed by atoms with E-state index in [1.807, 2.05) is 39.8 Å². The molecular weight excluding hydrogens is 614 g/mol. The lowest BCUT2D eigenvalue weighted by Gasteiger charge is -2.27. The molecule has 3 aromatic rings. The molecule has 0 bridgehead atoms. The van der Waals surface area contributed by atoms with Crippen molar-refractivity contribution < 1.29 is 32.3 Å². The number of alkyl halides is 3. The Morgan fingerprint density at radius 1 is 1.04 bits per heavy atom. The van der Waals surface area contributed by atoms with Gasteiger partial charge in [-0.05, 0) is 129 Å². The number of halogens is 4. The zero-order valence-electron chi connectivity index (χ0n) is 27.7. The smallest absolute Gasteiger partial charge is 0.416 e. The van der Waals surface area contributed by atoms with Crippen molar-refractivity contribution in [3.05, 3.63) is 91.6 Å². The summed E-state index contributed by atoms with van der Waals surface area (Å²) in [6.45, 7) is 7.59. The molecule has 2 atom stereocenters. The number of carbonyl (C=O) groups excluding carboxylic acids is 1. The minimum Gasteiger partial charge on any atom is -0.481 e. The van der Waals surface area contributed by atoms with E-state index in [-0.39, 0.29) is 36.7 Å². The highest BCUT2D eigenvalue weighted by atomic mass is 19.4. The largest absolute Gasteiger partial charge is 0.481 e. The van der Waals surface area contributed by atoms with E-state index in [1.54, 1.807) is 19.0 Å². The van der Waals surface area contributed by atoms with Crippen LogP contribution in [0.3, 0.4) is 0 Å². The zero-order chi connectivity index (χ0) is 34.8. The number of nitrogens with one attached hydrogen (secondary N) is 1. The third-order valence-electron chi connectivity index (χ3n) is 8.73. The predicted molar refractivity (Wildman–Crippen MR) is 173 cm³/mol. The number of hydrogen-bond donors (Lipinski definition) is 2. The second kappa shape index (κ2) is 14.4. The van der Waals surface area contributed by atoms with Crippen molar-refractivity contribution >= 4 is 11.9 Å². The Labute approximate surface area is 272 Å². The Morgan fingerprint density at radius 3 is 2.28 bits per heavy atom. The second-order valence-electron chi connectivity index (χ2n) is 13.3. The monoisotopic (exact) mass is 657 g/mol. The molecule has 1 heterocycles. The van der Waals surface area contributed by atoms with Crippen LogP contribution in [0.2, 0.25) is 0 Å². The SMILES string of the molecule is Cc1cc(F)cc(C)c1-c1cc(C(CC(=O)O)NC(=O)[C@H](CC(C)C)n2cc(CCN(C)C)c(C(F)(F)F)cc2=O)cc2c1CCC2. The molecule has 11 heteroatoms. The van der Waals surface area contributed by atoms with E-state index >= 15 is 0 Å². The molecule has 2 aromatic carbocycles. The van der Waals surface area contributed by atoms with Crippen molar-refractivity contribution in [1.29, 1.82) is 0 Å². The average molecular weight is 658 g/mol. The minimum atomic E-state index is -4.76. The van der Waals surface area contributed by atoms with E-state index in [0.717, 1.165) is 63.4 Å². The number of likely N-dealkylation sites (N-methyl/N-ethyl adjacent to an activating group) is 1. The van der Waals surface area contributed by atoms with Crippen LogP contribution in [-0.2, 0) is 35.0 Å². The Hall–Kier alpha value is -3.99. The minimum absolute atomic E-state index is 0.0000976. The van der Waals surface area contributed by atoms with Crippen LogP contribution in [-0.4, -0.2) is 47.1 Å². The number of carboxylic acid groups (broad SMARTS) is 1. The molecule has 0 fully saturated rings. The summed E-state index contributed by atoms with van der Waals surface area (Å²) in [5, 5.41) is 12.7. The van der Waals surface area contributed by atoms with Crippen molar-refractivity contribution in [2.45, 2.75) is 84.5 Å². The highest BCUT2D eigenvalue weighted by molar-refractivity contribution is 5.82. The summed E-state index contributed by atoms with van der Waals surface area (Å²) in [6.07, 6.45) is -1.50. The summed E-state index contributed by atoms with van der Waals surface area (Å²) in [7, 11) is 3.45. The maximum atomic E-state index is 14.2. The molecule has 47 heavy (non-hydrogen) atoms. The number of benzene rings is 2.